The van der Waals surface area contributed by atoms with Crippen molar-refractivity contribution in [3.63, 3.8) is 0 Å². The van der Waals surface area contributed by atoms with Crippen molar-refractivity contribution in [2.75, 3.05) is 6.61 Å². The van der Waals surface area contributed by atoms with Gasteiger partial charge in [-0.15, -0.1) is 0 Å². The lowest BCUT2D eigenvalue weighted by Crippen LogP contribution is -2.60. The van der Waals surface area contributed by atoms with Crippen LogP contribution in [-0.4, -0.2) is 64.0 Å². The van der Waals surface area contributed by atoms with Crippen molar-refractivity contribution >= 4 is 6.29 Å². The van der Waals surface area contributed by atoms with Gasteiger partial charge in [-0.2, -0.15) is 0 Å². The van der Waals surface area contributed by atoms with Crippen molar-refractivity contribution in [3.8, 4) is 5.75 Å². The summed E-state index contributed by atoms with van der Waals surface area (Å²) in [5.41, 5.74) is 0.464. The highest BCUT2D eigenvalue weighted by Crippen LogP contribution is 2.24. The van der Waals surface area contributed by atoms with Crippen LogP contribution in [0.4, 0.5) is 0 Å². The summed E-state index contributed by atoms with van der Waals surface area (Å²) in [6.45, 7) is -0.519. The molecule has 1 aromatic carbocycles. The Morgan fingerprint density at radius 3 is 2.30 bits per heavy atom. The highest BCUT2D eigenvalue weighted by atomic mass is 16.7. The van der Waals surface area contributed by atoms with Gasteiger partial charge in [0.05, 0.1) is 6.61 Å². The van der Waals surface area contributed by atoms with E-state index in [1.165, 1.54) is 24.3 Å². The topological polar surface area (TPSA) is 116 Å². The molecule has 0 aromatic heterocycles. The second kappa shape index (κ2) is 6.29. The predicted octanol–water partition coefficient (Wildman–Crippen LogP) is -1.32. The zero-order valence-corrected chi connectivity index (χ0v) is 10.5. The van der Waals surface area contributed by atoms with E-state index in [1.807, 2.05) is 0 Å². The Bertz CT molecular complexity index is 445. The largest absolute Gasteiger partial charge is 0.462 e. The van der Waals surface area contributed by atoms with Crippen LogP contribution in [0.3, 0.4) is 0 Å². The fraction of sp³-hybridized carbons (Fsp3) is 0.462. The number of rotatable bonds is 4. The average Bonchev–Trinajstić information content (AvgIpc) is 2.48. The molecule has 0 aliphatic carbocycles. The van der Waals surface area contributed by atoms with Gasteiger partial charge >= 0.3 is 0 Å². The van der Waals surface area contributed by atoms with Crippen LogP contribution in [0.15, 0.2) is 24.3 Å². The third kappa shape index (κ3) is 2.97. The number of aliphatic hydroxyl groups excluding tert-OH is 4. The number of benzene rings is 1. The molecular formula is C13H16O7. The summed E-state index contributed by atoms with van der Waals surface area (Å²) >= 11 is 0. The summed E-state index contributed by atoms with van der Waals surface area (Å²) in [6.07, 6.45) is -5.94. The van der Waals surface area contributed by atoms with Gasteiger partial charge in [0.2, 0.25) is 6.29 Å². The molecule has 0 spiro atoms. The Kier molecular flexibility index (Phi) is 4.69. The van der Waals surface area contributed by atoms with E-state index < -0.39 is 37.3 Å². The molecule has 1 aliphatic rings. The summed E-state index contributed by atoms with van der Waals surface area (Å²) in [5, 5.41) is 38.1. The van der Waals surface area contributed by atoms with Gasteiger partial charge in [-0.05, 0) is 24.3 Å². The summed E-state index contributed by atoms with van der Waals surface area (Å²) < 4.78 is 10.5. The minimum Gasteiger partial charge on any atom is -0.462 e. The first kappa shape index (κ1) is 14.9. The maximum absolute atomic E-state index is 10.5. The summed E-state index contributed by atoms with van der Waals surface area (Å²) in [6, 6.07) is 6.05. The van der Waals surface area contributed by atoms with Crippen molar-refractivity contribution in [1.82, 2.24) is 0 Å². The van der Waals surface area contributed by atoms with Crippen LogP contribution in [0.2, 0.25) is 0 Å². The van der Waals surface area contributed by atoms with E-state index in [-0.39, 0.29) is 0 Å². The molecule has 1 heterocycles. The Labute approximate surface area is 115 Å². The average molecular weight is 284 g/mol. The van der Waals surface area contributed by atoms with Crippen molar-refractivity contribution in [3.05, 3.63) is 29.8 Å². The predicted molar refractivity (Wildman–Crippen MR) is 66.2 cm³/mol. The van der Waals surface area contributed by atoms with Crippen molar-refractivity contribution in [2.24, 2.45) is 0 Å². The number of carbonyl (C=O) groups is 1. The number of hydrogen-bond donors (Lipinski definition) is 4. The molecule has 20 heavy (non-hydrogen) atoms. The number of carbonyl (C=O) groups excluding carboxylic acids is 1. The first-order chi connectivity index (χ1) is 9.56. The molecule has 5 atom stereocenters. The first-order valence-corrected chi connectivity index (χ1v) is 6.09. The molecule has 0 saturated carbocycles. The van der Waals surface area contributed by atoms with Gasteiger partial charge in [-0.25, -0.2) is 0 Å². The molecule has 0 amide bonds. The highest BCUT2D eigenvalue weighted by Gasteiger charge is 2.44. The lowest BCUT2D eigenvalue weighted by Gasteiger charge is -2.39. The lowest BCUT2D eigenvalue weighted by atomic mass is 9.99. The number of hydrogen-bond acceptors (Lipinski definition) is 7. The van der Waals surface area contributed by atoms with Crippen LogP contribution in [0, 0.1) is 0 Å². The minimum atomic E-state index is -1.49. The maximum atomic E-state index is 10.5. The van der Waals surface area contributed by atoms with Gasteiger partial charge in [0.25, 0.3) is 0 Å². The third-order valence-electron chi connectivity index (χ3n) is 3.12. The zero-order chi connectivity index (χ0) is 14.7. The molecule has 4 N–H and O–H groups in total. The van der Waals surface area contributed by atoms with Crippen molar-refractivity contribution in [2.45, 2.75) is 30.7 Å². The summed E-state index contributed by atoms with van der Waals surface area (Å²) in [5.74, 6) is 0.319. The molecule has 7 heteroatoms. The zero-order valence-electron chi connectivity index (χ0n) is 10.5. The van der Waals surface area contributed by atoms with Crippen LogP contribution in [-0.2, 0) is 4.74 Å². The SMILES string of the molecule is O=Cc1ccc(OC2OC(CO)[C@@H](O)C(O)[C@@H]2O)cc1. The van der Waals surface area contributed by atoms with Gasteiger partial charge < -0.3 is 29.9 Å². The normalized spacial score (nSPS) is 33.7. The Hall–Kier alpha value is -1.51. The van der Waals surface area contributed by atoms with Crippen LogP contribution in [0.5, 0.6) is 5.75 Å². The summed E-state index contributed by atoms with van der Waals surface area (Å²) in [4.78, 5) is 10.5. The second-order valence-electron chi connectivity index (χ2n) is 4.50. The molecular weight excluding hydrogens is 268 g/mol. The Morgan fingerprint density at radius 1 is 1.10 bits per heavy atom. The fourth-order valence-corrected chi connectivity index (χ4v) is 1.92. The molecule has 1 aliphatic heterocycles. The Morgan fingerprint density at radius 2 is 1.75 bits per heavy atom. The molecule has 3 unspecified atom stereocenters. The molecule has 1 aromatic rings. The van der Waals surface area contributed by atoms with Crippen LogP contribution in [0.25, 0.3) is 0 Å². The van der Waals surface area contributed by atoms with Crippen LogP contribution < -0.4 is 4.74 Å². The quantitative estimate of drug-likeness (QED) is 0.507. The van der Waals surface area contributed by atoms with E-state index in [0.717, 1.165) is 0 Å². The molecule has 110 valence electrons. The van der Waals surface area contributed by atoms with E-state index in [4.69, 9.17) is 14.6 Å². The molecule has 0 radical (unpaired) electrons. The van der Waals surface area contributed by atoms with Gasteiger partial charge in [0.15, 0.2) is 0 Å². The highest BCUT2D eigenvalue weighted by molar-refractivity contribution is 5.74. The second-order valence-corrected chi connectivity index (χ2v) is 4.50. The molecule has 1 fully saturated rings. The summed E-state index contributed by atoms with van der Waals surface area (Å²) in [7, 11) is 0. The van der Waals surface area contributed by atoms with Gasteiger partial charge in [-0.1, -0.05) is 0 Å². The first-order valence-electron chi connectivity index (χ1n) is 6.09. The van der Waals surface area contributed by atoms with Crippen LogP contribution in [0.1, 0.15) is 10.4 Å². The van der Waals surface area contributed by atoms with E-state index in [1.54, 1.807) is 0 Å². The minimum absolute atomic E-state index is 0.319. The molecule has 0 bridgehead atoms. The van der Waals surface area contributed by atoms with E-state index in [0.29, 0.717) is 17.6 Å². The number of aliphatic hydroxyl groups is 4. The Balaban J connectivity index is 2.08. The molecule has 7 nitrogen and oxygen atoms in total. The smallest absolute Gasteiger partial charge is 0.229 e. The lowest BCUT2D eigenvalue weighted by molar-refractivity contribution is -0.277. The van der Waals surface area contributed by atoms with Crippen molar-refractivity contribution in [1.29, 1.82) is 0 Å². The monoisotopic (exact) mass is 284 g/mol. The van der Waals surface area contributed by atoms with Gasteiger partial charge in [-0.3, -0.25) is 4.79 Å². The fourth-order valence-electron chi connectivity index (χ4n) is 1.92. The van der Waals surface area contributed by atoms with Gasteiger partial charge in [0, 0.05) is 5.56 Å². The van der Waals surface area contributed by atoms with E-state index in [9.17, 15) is 20.1 Å². The number of ether oxygens (including phenoxy) is 2. The van der Waals surface area contributed by atoms with E-state index >= 15 is 0 Å². The van der Waals surface area contributed by atoms with E-state index in [2.05, 4.69) is 0 Å². The maximum Gasteiger partial charge on any atom is 0.229 e. The molecule has 2 rings (SSSR count). The standard InChI is InChI=1S/C13H16O7/c14-5-7-1-3-8(4-2-7)19-13-12(18)11(17)10(16)9(6-15)20-13/h1-5,9-13,15-18H,6H2/t9?,10-,11?,12+,13?/m1/s1. The molecule has 1 saturated heterocycles. The van der Waals surface area contributed by atoms with Crippen LogP contribution >= 0.6 is 0 Å². The van der Waals surface area contributed by atoms with Crippen molar-refractivity contribution < 1.29 is 34.7 Å². The third-order valence-corrected chi connectivity index (χ3v) is 3.12. The number of aldehydes is 1. The van der Waals surface area contributed by atoms with Gasteiger partial charge in [0.1, 0.15) is 36.5 Å².